The number of aromatic nitrogens is 3. The van der Waals surface area contributed by atoms with Gasteiger partial charge in [0.15, 0.2) is 11.5 Å². The summed E-state index contributed by atoms with van der Waals surface area (Å²) in [6, 6.07) is 9.93. The van der Waals surface area contributed by atoms with Crippen LogP contribution in [0.2, 0.25) is 5.02 Å². The van der Waals surface area contributed by atoms with Crippen LogP contribution < -0.4 is 10.6 Å². The van der Waals surface area contributed by atoms with Crippen LogP contribution in [0, 0.1) is 12.7 Å². The molecule has 34 heavy (non-hydrogen) atoms. The summed E-state index contributed by atoms with van der Waals surface area (Å²) < 4.78 is 42.6. The summed E-state index contributed by atoms with van der Waals surface area (Å²) in [5.41, 5.74) is 2.39. The fourth-order valence-corrected chi connectivity index (χ4v) is 5.64. The van der Waals surface area contributed by atoms with Crippen LogP contribution in [0.5, 0.6) is 0 Å². The molecule has 5 rings (SSSR count). The fourth-order valence-electron chi connectivity index (χ4n) is 4.16. The first kappa shape index (κ1) is 22.8. The molecule has 7 nitrogen and oxygen atoms in total. The van der Waals surface area contributed by atoms with Crippen LogP contribution >= 0.6 is 11.6 Å². The van der Waals surface area contributed by atoms with E-state index in [1.165, 1.54) is 12.4 Å². The second-order valence-electron chi connectivity index (χ2n) is 8.42. The highest BCUT2D eigenvalue weighted by molar-refractivity contribution is 7.90. The molecule has 1 saturated heterocycles. The molecular weight excluding hydrogens is 477 g/mol. The molecule has 1 unspecified atom stereocenters. The van der Waals surface area contributed by atoms with Crippen molar-refractivity contribution >= 4 is 38.3 Å². The Morgan fingerprint density at radius 3 is 2.71 bits per heavy atom. The van der Waals surface area contributed by atoms with E-state index < -0.39 is 15.8 Å². The molecule has 4 heterocycles. The van der Waals surface area contributed by atoms with E-state index in [9.17, 15) is 12.8 Å². The number of rotatable bonds is 5. The van der Waals surface area contributed by atoms with E-state index in [0.717, 1.165) is 41.7 Å². The molecule has 1 atom stereocenters. The number of nitrogens with one attached hydrogen (secondary N) is 2. The summed E-state index contributed by atoms with van der Waals surface area (Å²) in [7, 11) is -3.94. The maximum atomic E-state index is 14.6. The third kappa shape index (κ3) is 4.26. The first-order chi connectivity index (χ1) is 16.3. The molecule has 0 saturated carbocycles. The van der Waals surface area contributed by atoms with Gasteiger partial charge in [0, 0.05) is 35.9 Å². The number of hydrogen-bond donors (Lipinski definition) is 2. The van der Waals surface area contributed by atoms with Crippen molar-refractivity contribution in [3.8, 4) is 11.3 Å². The highest BCUT2D eigenvalue weighted by atomic mass is 35.5. The zero-order chi connectivity index (χ0) is 23.9. The average Bonchev–Trinajstić information content (AvgIpc) is 3.21. The van der Waals surface area contributed by atoms with Gasteiger partial charge in [0.2, 0.25) is 0 Å². The number of pyridine rings is 2. The molecule has 1 aliphatic heterocycles. The van der Waals surface area contributed by atoms with E-state index in [1.54, 1.807) is 36.4 Å². The number of nitrogens with zero attached hydrogens (tertiary/aromatic N) is 3. The van der Waals surface area contributed by atoms with Gasteiger partial charge >= 0.3 is 0 Å². The average molecular weight is 500 g/mol. The molecule has 10 heteroatoms. The standard InChI is InChI=1S/C24H23ClFN5O2S/c1-15-4-6-18(7-5-15)34(32,33)31-14-20(19-9-16(25)11-29-24(19)31)22-10-23(21(26)13-28-22)30-17-3-2-8-27-12-17/h4-7,9-11,13-14,17,27H,2-3,8,12H2,1H3,(H,28,30). The molecule has 4 aromatic rings. The van der Waals surface area contributed by atoms with Crippen LogP contribution in [-0.4, -0.2) is 41.5 Å². The molecule has 1 aromatic carbocycles. The normalized spacial score (nSPS) is 16.6. The topological polar surface area (TPSA) is 88.9 Å². The summed E-state index contributed by atoms with van der Waals surface area (Å²) in [6.07, 6.45) is 5.94. The van der Waals surface area contributed by atoms with Gasteiger partial charge in [-0.2, -0.15) is 0 Å². The predicted octanol–water partition coefficient (Wildman–Crippen LogP) is 4.60. The molecule has 2 N–H and O–H groups in total. The van der Waals surface area contributed by atoms with Gasteiger partial charge in [-0.1, -0.05) is 29.3 Å². The number of benzene rings is 1. The van der Waals surface area contributed by atoms with Crippen LogP contribution in [0.4, 0.5) is 10.1 Å². The number of anilines is 1. The van der Waals surface area contributed by atoms with Gasteiger partial charge in [0.1, 0.15) is 0 Å². The van der Waals surface area contributed by atoms with Gasteiger partial charge in [0.05, 0.1) is 27.5 Å². The monoisotopic (exact) mass is 499 g/mol. The van der Waals surface area contributed by atoms with Crippen molar-refractivity contribution in [2.45, 2.75) is 30.7 Å². The lowest BCUT2D eigenvalue weighted by Crippen LogP contribution is -2.38. The van der Waals surface area contributed by atoms with Gasteiger partial charge in [-0.15, -0.1) is 0 Å². The molecule has 0 radical (unpaired) electrons. The minimum absolute atomic E-state index is 0.0952. The maximum absolute atomic E-state index is 14.6. The van der Waals surface area contributed by atoms with Gasteiger partial charge in [-0.3, -0.25) is 4.98 Å². The predicted molar refractivity (Wildman–Crippen MR) is 131 cm³/mol. The van der Waals surface area contributed by atoms with Crippen molar-refractivity contribution in [3.05, 3.63) is 71.4 Å². The molecule has 0 amide bonds. The Labute approximate surface area is 202 Å². The smallest absolute Gasteiger partial charge is 0.269 e. The van der Waals surface area contributed by atoms with Gasteiger partial charge < -0.3 is 10.6 Å². The lowest BCUT2D eigenvalue weighted by molar-refractivity contribution is 0.477. The van der Waals surface area contributed by atoms with Crippen molar-refractivity contribution in [3.63, 3.8) is 0 Å². The van der Waals surface area contributed by atoms with Crippen molar-refractivity contribution in [2.75, 3.05) is 18.4 Å². The van der Waals surface area contributed by atoms with E-state index in [2.05, 4.69) is 20.6 Å². The highest BCUT2D eigenvalue weighted by Crippen LogP contribution is 2.34. The molecule has 0 bridgehead atoms. The second-order valence-corrected chi connectivity index (χ2v) is 10.7. The lowest BCUT2D eigenvalue weighted by Gasteiger charge is -2.25. The summed E-state index contributed by atoms with van der Waals surface area (Å²) in [4.78, 5) is 8.68. The molecule has 1 aliphatic rings. The van der Waals surface area contributed by atoms with E-state index in [4.69, 9.17) is 11.6 Å². The van der Waals surface area contributed by atoms with Crippen LogP contribution in [0.25, 0.3) is 22.3 Å². The molecule has 176 valence electrons. The summed E-state index contributed by atoms with van der Waals surface area (Å²) in [5, 5.41) is 7.40. The largest absolute Gasteiger partial charge is 0.379 e. The zero-order valence-corrected chi connectivity index (χ0v) is 20.0. The van der Waals surface area contributed by atoms with Gasteiger partial charge in [0.25, 0.3) is 10.0 Å². The van der Waals surface area contributed by atoms with Crippen molar-refractivity contribution in [1.82, 2.24) is 19.3 Å². The fraction of sp³-hybridized carbons (Fsp3) is 0.250. The molecule has 0 aliphatic carbocycles. The van der Waals surface area contributed by atoms with E-state index in [0.29, 0.717) is 27.4 Å². The first-order valence-electron chi connectivity index (χ1n) is 10.9. The quantitative estimate of drug-likeness (QED) is 0.417. The van der Waals surface area contributed by atoms with Crippen molar-refractivity contribution < 1.29 is 12.8 Å². The van der Waals surface area contributed by atoms with Crippen LogP contribution in [0.15, 0.2) is 59.9 Å². The van der Waals surface area contributed by atoms with Crippen LogP contribution in [-0.2, 0) is 10.0 Å². The van der Waals surface area contributed by atoms with Gasteiger partial charge in [-0.25, -0.2) is 21.8 Å². The Bertz CT molecular complexity index is 1470. The highest BCUT2D eigenvalue weighted by Gasteiger charge is 2.24. The minimum Gasteiger partial charge on any atom is -0.379 e. The summed E-state index contributed by atoms with van der Waals surface area (Å²) in [5.74, 6) is -0.471. The number of piperidine rings is 1. The number of halogens is 2. The zero-order valence-electron chi connectivity index (χ0n) is 18.4. The Morgan fingerprint density at radius 1 is 1.18 bits per heavy atom. The molecule has 1 fully saturated rings. The summed E-state index contributed by atoms with van der Waals surface area (Å²) >= 11 is 6.20. The van der Waals surface area contributed by atoms with Crippen molar-refractivity contribution in [1.29, 1.82) is 0 Å². The molecular formula is C24H23ClFN5O2S. The first-order valence-corrected chi connectivity index (χ1v) is 12.8. The third-order valence-corrected chi connectivity index (χ3v) is 7.81. The van der Waals surface area contributed by atoms with Crippen LogP contribution in [0.3, 0.4) is 0 Å². The third-order valence-electron chi connectivity index (χ3n) is 5.94. The Balaban J connectivity index is 1.63. The Hall–Kier alpha value is -3.01. The van der Waals surface area contributed by atoms with E-state index in [1.807, 2.05) is 6.92 Å². The Morgan fingerprint density at radius 2 is 1.97 bits per heavy atom. The SMILES string of the molecule is Cc1ccc(S(=O)(=O)n2cc(-c3cc(NC4CCCNC4)c(F)cn3)c3cc(Cl)cnc32)cc1. The summed E-state index contributed by atoms with van der Waals surface area (Å²) in [6.45, 7) is 3.58. The van der Waals surface area contributed by atoms with Gasteiger partial charge in [-0.05, 0) is 50.6 Å². The second kappa shape index (κ2) is 8.98. The van der Waals surface area contributed by atoms with Crippen LogP contribution in [0.1, 0.15) is 18.4 Å². The maximum Gasteiger partial charge on any atom is 0.269 e. The molecule has 0 spiro atoms. The number of hydrogen-bond acceptors (Lipinski definition) is 6. The van der Waals surface area contributed by atoms with Crippen molar-refractivity contribution in [2.24, 2.45) is 0 Å². The Kier molecular flexibility index (Phi) is 6.01. The number of fused-ring (bicyclic) bond motifs is 1. The lowest BCUT2D eigenvalue weighted by atomic mass is 10.1. The van der Waals surface area contributed by atoms with E-state index >= 15 is 0 Å². The number of aryl methyl sites for hydroxylation is 1. The molecule has 3 aromatic heterocycles. The van der Waals surface area contributed by atoms with E-state index in [-0.39, 0.29) is 16.6 Å². The minimum atomic E-state index is -3.94.